The summed E-state index contributed by atoms with van der Waals surface area (Å²) in [7, 11) is 3.15. The second kappa shape index (κ2) is 7.54. The zero-order valence-electron chi connectivity index (χ0n) is 16.3. The lowest BCUT2D eigenvalue weighted by Crippen LogP contribution is -2.32. The van der Waals surface area contributed by atoms with Crippen molar-refractivity contribution in [2.45, 2.75) is 13.0 Å². The van der Waals surface area contributed by atoms with Crippen molar-refractivity contribution < 1.29 is 18.7 Å². The van der Waals surface area contributed by atoms with E-state index in [2.05, 4.69) is 0 Å². The van der Waals surface area contributed by atoms with E-state index in [0.717, 1.165) is 11.1 Å². The summed E-state index contributed by atoms with van der Waals surface area (Å²) in [6, 6.07) is 10.0. The molecule has 0 fully saturated rings. The van der Waals surface area contributed by atoms with Crippen LogP contribution in [0.5, 0.6) is 5.75 Å². The van der Waals surface area contributed by atoms with Crippen molar-refractivity contribution in [1.82, 2.24) is 4.90 Å². The molecule has 0 saturated heterocycles. The first-order valence-electron chi connectivity index (χ1n) is 9.17. The summed E-state index contributed by atoms with van der Waals surface area (Å²) in [5.41, 5.74) is 1.99. The van der Waals surface area contributed by atoms with Crippen LogP contribution in [0.3, 0.4) is 0 Å². The number of ether oxygens (including phenoxy) is 2. The highest BCUT2D eigenvalue weighted by atomic mass is 35.5. The molecule has 0 N–H and O–H groups in total. The number of hydrogen-bond acceptors (Lipinski definition) is 5. The van der Waals surface area contributed by atoms with Crippen LogP contribution in [0.15, 0.2) is 45.6 Å². The van der Waals surface area contributed by atoms with Crippen molar-refractivity contribution in [1.29, 1.82) is 0 Å². The Morgan fingerprint density at radius 3 is 2.52 bits per heavy atom. The summed E-state index contributed by atoms with van der Waals surface area (Å²) in [4.78, 5) is 28.2. The molecule has 1 aromatic heterocycles. The van der Waals surface area contributed by atoms with Crippen LogP contribution < -0.4 is 10.2 Å². The third-order valence-corrected chi connectivity index (χ3v) is 5.62. The number of fused-ring (bicyclic) bond motifs is 2. The Bertz CT molecular complexity index is 1150. The topological polar surface area (TPSA) is 69.0 Å². The van der Waals surface area contributed by atoms with Crippen LogP contribution in [0, 0.1) is 6.92 Å². The fourth-order valence-corrected chi connectivity index (χ4v) is 3.86. The van der Waals surface area contributed by atoms with Gasteiger partial charge < -0.3 is 18.8 Å². The normalized spacial score (nSPS) is 15.8. The maximum absolute atomic E-state index is 13.4. The monoisotopic (exact) mass is 413 g/mol. The summed E-state index contributed by atoms with van der Waals surface area (Å²) >= 11 is 6.23. The maximum atomic E-state index is 13.4. The van der Waals surface area contributed by atoms with Crippen LogP contribution in [0.25, 0.3) is 11.0 Å². The van der Waals surface area contributed by atoms with E-state index < -0.39 is 6.04 Å². The van der Waals surface area contributed by atoms with Crippen LogP contribution in [-0.2, 0) is 4.74 Å². The van der Waals surface area contributed by atoms with Crippen LogP contribution >= 0.6 is 11.6 Å². The lowest BCUT2D eigenvalue weighted by atomic mass is 9.98. The largest absolute Gasteiger partial charge is 0.497 e. The number of amides is 1. The molecule has 7 heteroatoms. The minimum absolute atomic E-state index is 0.0705. The third-order valence-electron chi connectivity index (χ3n) is 5.21. The van der Waals surface area contributed by atoms with Gasteiger partial charge in [-0.1, -0.05) is 23.7 Å². The highest BCUT2D eigenvalue weighted by Crippen LogP contribution is 2.38. The molecule has 1 aliphatic rings. The predicted octanol–water partition coefficient (Wildman–Crippen LogP) is 3.96. The van der Waals surface area contributed by atoms with Gasteiger partial charge in [-0.2, -0.15) is 0 Å². The van der Waals surface area contributed by atoms with E-state index in [1.54, 1.807) is 43.4 Å². The zero-order valence-corrected chi connectivity index (χ0v) is 17.1. The second-order valence-electron chi connectivity index (χ2n) is 6.94. The lowest BCUT2D eigenvalue weighted by Gasteiger charge is -2.24. The van der Waals surface area contributed by atoms with Crippen LogP contribution in [-0.4, -0.2) is 38.2 Å². The van der Waals surface area contributed by atoms with E-state index in [0.29, 0.717) is 40.5 Å². The van der Waals surface area contributed by atoms with E-state index in [9.17, 15) is 9.59 Å². The van der Waals surface area contributed by atoms with Crippen molar-refractivity contribution in [3.8, 4) is 5.75 Å². The molecule has 0 bridgehead atoms. The highest BCUT2D eigenvalue weighted by Gasteiger charge is 2.42. The molecule has 1 amide bonds. The number of carbonyl (C=O) groups is 1. The molecule has 0 aliphatic carbocycles. The van der Waals surface area contributed by atoms with Crippen molar-refractivity contribution in [3.63, 3.8) is 0 Å². The molecule has 150 valence electrons. The quantitative estimate of drug-likeness (QED) is 0.633. The van der Waals surface area contributed by atoms with E-state index in [-0.39, 0.29) is 17.1 Å². The molecule has 1 aliphatic heterocycles. The van der Waals surface area contributed by atoms with E-state index in [1.807, 2.05) is 19.1 Å². The van der Waals surface area contributed by atoms with Gasteiger partial charge >= 0.3 is 0 Å². The van der Waals surface area contributed by atoms with Crippen LogP contribution in [0.2, 0.25) is 5.02 Å². The molecular formula is C22H20ClNO5. The highest BCUT2D eigenvalue weighted by molar-refractivity contribution is 6.32. The summed E-state index contributed by atoms with van der Waals surface area (Å²) < 4.78 is 16.3. The fourth-order valence-electron chi connectivity index (χ4n) is 3.69. The Hall–Kier alpha value is -2.83. The smallest absolute Gasteiger partial charge is 0.290 e. The van der Waals surface area contributed by atoms with Gasteiger partial charge in [0.1, 0.15) is 11.3 Å². The average molecular weight is 414 g/mol. The van der Waals surface area contributed by atoms with Crippen molar-refractivity contribution in [2.24, 2.45) is 0 Å². The fraction of sp³-hybridized carbons (Fsp3) is 0.273. The molecule has 29 heavy (non-hydrogen) atoms. The Morgan fingerprint density at radius 1 is 1.14 bits per heavy atom. The minimum atomic E-state index is -0.570. The molecule has 0 spiro atoms. The molecule has 0 saturated carbocycles. The molecule has 2 heterocycles. The molecule has 1 unspecified atom stereocenters. The number of nitrogens with zero attached hydrogens (tertiary/aromatic N) is 1. The van der Waals surface area contributed by atoms with Gasteiger partial charge in [0.05, 0.1) is 30.7 Å². The Morgan fingerprint density at radius 2 is 1.86 bits per heavy atom. The molecule has 1 atom stereocenters. The standard InChI is InChI=1S/C22H20ClNO5/c1-12-10-17-15(11-16(12)23)20(25)18-19(13-4-6-14(28-3)7-5-13)24(8-9-27-2)22(26)21(18)29-17/h4-7,10-11,19H,8-9H2,1-3H3. The van der Waals surface area contributed by atoms with E-state index in [4.69, 9.17) is 25.5 Å². The molecule has 2 aromatic carbocycles. The van der Waals surface area contributed by atoms with Crippen LogP contribution in [0.1, 0.15) is 33.3 Å². The summed E-state index contributed by atoms with van der Waals surface area (Å²) in [6.45, 7) is 2.48. The minimum Gasteiger partial charge on any atom is -0.497 e. The molecular weight excluding hydrogens is 394 g/mol. The first-order valence-corrected chi connectivity index (χ1v) is 9.54. The Kier molecular flexibility index (Phi) is 5.06. The van der Waals surface area contributed by atoms with Crippen LogP contribution in [0.4, 0.5) is 0 Å². The van der Waals surface area contributed by atoms with Gasteiger partial charge in [-0.3, -0.25) is 9.59 Å². The van der Waals surface area contributed by atoms with Gasteiger partial charge in [0.15, 0.2) is 5.43 Å². The number of methoxy groups -OCH3 is 2. The van der Waals surface area contributed by atoms with E-state index >= 15 is 0 Å². The first kappa shape index (κ1) is 19.5. The van der Waals surface area contributed by atoms with Gasteiger partial charge in [0.2, 0.25) is 5.76 Å². The molecule has 4 rings (SSSR count). The summed E-state index contributed by atoms with van der Waals surface area (Å²) in [6.07, 6.45) is 0. The SMILES string of the molecule is COCCN1C(=O)c2oc3cc(C)c(Cl)cc3c(=O)c2C1c1ccc(OC)cc1. The summed E-state index contributed by atoms with van der Waals surface area (Å²) in [5, 5.41) is 0.838. The maximum Gasteiger partial charge on any atom is 0.290 e. The number of carbonyl (C=O) groups excluding carboxylic acids is 1. The molecule has 0 radical (unpaired) electrons. The first-order chi connectivity index (χ1) is 14.0. The van der Waals surface area contributed by atoms with Gasteiger partial charge in [0, 0.05) is 18.7 Å². The number of aryl methyl sites for hydroxylation is 1. The predicted molar refractivity (Wildman–Crippen MR) is 110 cm³/mol. The average Bonchev–Trinajstić information content (AvgIpc) is 3.00. The molecule has 6 nitrogen and oxygen atoms in total. The second-order valence-corrected chi connectivity index (χ2v) is 7.35. The van der Waals surface area contributed by atoms with Gasteiger partial charge in [-0.25, -0.2) is 0 Å². The van der Waals surface area contributed by atoms with Gasteiger partial charge in [0.25, 0.3) is 5.91 Å². The Balaban J connectivity index is 1.95. The molecule has 3 aromatic rings. The number of rotatable bonds is 5. The van der Waals surface area contributed by atoms with E-state index in [1.165, 1.54) is 0 Å². The summed E-state index contributed by atoms with van der Waals surface area (Å²) in [5.74, 6) is 0.431. The Labute approximate surface area is 172 Å². The third kappa shape index (κ3) is 3.18. The zero-order chi connectivity index (χ0) is 20.7. The number of halogens is 1. The lowest BCUT2D eigenvalue weighted by molar-refractivity contribution is 0.0663. The van der Waals surface area contributed by atoms with Gasteiger partial charge in [-0.15, -0.1) is 0 Å². The van der Waals surface area contributed by atoms with Gasteiger partial charge in [-0.05, 0) is 42.3 Å². The van der Waals surface area contributed by atoms with Crippen molar-refractivity contribution in [2.75, 3.05) is 27.4 Å². The van der Waals surface area contributed by atoms with Crippen molar-refractivity contribution >= 4 is 28.5 Å². The number of hydrogen-bond donors (Lipinski definition) is 0. The number of benzene rings is 2. The van der Waals surface area contributed by atoms with Crippen molar-refractivity contribution in [3.05, 3.63) is 74.1 Å².